The van der Waals surface area contributed by atoms with Gasteiger partial charge in [0, 0.05) is 51.2 Å². The van der Waals surface area contributed by atoms with Gasteiger partial charge in [0.15, 0.2) is 0 Å². The van der Waals surface area contributed by atoms with Crippen LogP contribution in [0.4, 0.5) is 51.2 Å². The Balaban J connectivity index is 1.01. The van der Waals surface area contributed by atoms with Crippen molar-refractivity contribution in [3.8, 4) is 33.4 Å². The first kappa shape index (κ1) is 38.7. The number of nitrogens with one attached hydrogen (secondary N) is 3. The van der Waals surface area contributed by atoms with E-state index in [4.69, 9.17) is 0 Å². The van der Waals surface area contributed by atoms with Crippen LogP contribution in [0.2, 0.25) is 0 Å². The lowest BCUT2D eigenvalue weighted by Gasteiger charge is -2.26. The van der Waals surface area contributed by atoms with Crippen molar-refractivity contribution in [2.45, 2.75) is 20.8 Å². The van der Waals surface area contributed by atoms with Crippen LogP contribution in [-0.4, -0.2) is 0 Å². The summed E-state index contributed by atoms with van der Waals surface area (Å²) in [5, 5.41) is 11.1. The van der Waals surface area contributed by atoms with Gasteiger partial charge in [-0.15, -0.1) is 0 Å². The largest absolute Gasteiger partial charge is 0.355 e. The lowest BCUT2D eigenvalue weighted by molar-refractivity contribution is 1.28. The van der Waals surface area contributed by atoms with Gasteiger partial charge in [-0.25, -0.2) is 0 Å². The van der Waals surface area contributed by atoms with E-state index < -0.39 is 0 Å². The van der Waals surface area contributed by atoms with Gasteiger partial charge in [0.1, 0.15) is 0 Å². The average Bonchev–Trinajstić information content (AvgIpc) is 3.31. The van der Waals surface area contributed by atoms with Crippen molar-refractivity contribution in [3.05, 3.63) is 235 Å². The van der Waals surface area contributed by atoms with Crippen LogP contribution in [0.3, 0.4) is 0 Å². The number of rotatable bonds is 12. The minimum Gasteiger partial charge on any atom is -0.355 e. The Labute approximate surface area is 359 Å². The number of hydrogen-bond acceptors (Lipinski definition) is 4. The molecule has 9 rings (SSSR count). The van der Waals surface area contributed by atoms with Crippen LogP contribution in [0.5, 0.6) is 0 Å². The lowest BCUT2D eigenvalue weighted by Crippen LogP contribution is -2.10. The monoisotopic (exact) mass is 788 g/mol. The van der Waals surface area contributed by atoms with Crippen molar-refractivity contribution in [2.24, 2.45) is 0 Å². The maximum absolute atomic E-state index is 3.69. The fourth-order valence-corrected chi connectivity index (χ4v) is 8.10. The predicted molar refractivity (Wildman–Crippen MR) is 261 cm³/mol. The summed E-state index contributed by atoms with van der Waals surface area (Å²) in [7, 11) is 0. The zero-order chi connectivity index (χ0) is 41.5. The van der Waals surface area contributed by atoms with Gasteiger partial charge in [-0.3, -0.25) is 0 Å². The molecule has 4 nitrogen and oxygen atoms in total. The number of anilines is 9. The van der Waals surface area contributed by atoms with Gasteiger partial charge in [0.25, 0.3) is 0 Å². The maximum atomic E-state index is 3.69. The molecule has 0 atom stereocenters. The highest BCUT2D eigenvalue weighted by atomic mass is 15.1. The first-order valence-corrected chi connectivity index (χ1v) is 20.8. The average molecular weight is 789 g/mol. The van der Waals surface area contributed by atoms with E-state index in [2.05, 4.69) is 260 Å². The summed E-state index contributed by atoms with van der Waals surface area (Å²) in [5.41, 5.74) is 20.5. The fraction of sp³-hybridized carbons (Fsp3) is 0.0526. The summed E-state index contributed by atoms with van der Waals surface area (Å²) in [6, 6.07) is 77.1. The topological polar surface area (TPSA) is 39.3 Å². The number of hydrogen-bond donors (Lipinski definition) is 3. The highest BCUT2D eigenvalue weighted by Gasteiger charge is 2.15. The molecule has 0 saturated carbocycles. The molecule has 0 saturated heterocycles. The van der Waals surface area contributed by atoms with Crippen LogP contribution >= 0.6 is 0 Å². The van der Waals surface area contributed by atoms with Crippen LogP contribution in [-0.2, 0) is 0 Å². The molecule has 0 amide bonds. The van der Waals surface area contributed by atoms with Crippen LogP contribution in [0.25, 0.3) is 33.4 Å². The summed E-state index contributed by atoms with van der Waals surface area (Å²) >= 11 is 0. The molecule has 296 valence electrons. The summed E-state index contributed by atoms with van der Waals surface area (Å²) in [6.45, 7) is 6.54. The third-order valence-electron chi connectivity index (χ3n) is 11.5. The van der Waals surface area contributed by atoms with Crippen molar-refractivity contribution in [3.63, 3.8) is 0 Å². The molecule has 0 bridgehead atoms. The summed E-state index contributed by atoms with van der Waals surface area (Å²) in [5.74, 6) is 0. The molecule has 0 aromatic heterocycles. The fourth-order valence-electron chi connectivity index (χ4n) is 8.10. The van der Waals surface area contributed by atoms with Crippen molar-refractivity contribution >= 4 is 51.2 Å². The Morgan fingerprint density at radius 3 is 0.787 bits per heavy atom. The summed E-state index contributed by atoms with van der Waals surface area (Å²) < 4.78 is 0. The molecule has 9 aromatic carbocycles. The zero-order valence-electron chi connectivity index (χ0n) is 34.7. The molecular formula is C57H48N4. The Morgan fingerprint density at radius 2 is 0.525 bits per heavy atom. The predicted octanol–water partition coefficient (Wildman–Crippen LogP) is 16.3. The van der Waals surface area contributed by atoms with E-state index in [-0.39, 0.29) is 0 Å². The molecule has 0 aliphatic rings. The molecule has 0 fully saturated rings. The second-order valence-electron chi connectivity index (χ2n) is 15.4. The quantitative estimate of drug-likeness (QED) is 0.115. The second kappa shape index (κ2) is 17.6. The summed E-state index contributed by atoms with van der Waals surface area (Å²) in [4.78, 5) is 2.31. The van der Waals surface area contributed by atoms with E-state index in [0.29, 0.717) is 0 Å². The molecule has 0 heterocycles. The van der Waals surface area contributed by atoms with E-state index in [9.17, 15) is 0 Å². The van der Waals surface area contributed by atoms with E-state index in [0.717, 1.165) is 51.2 Å². The van der Waals surface area contributed by atoms with Crippen molar-refractivity contribution < 1.29 is 0 Å². The Morgan fingerprint density at radius 1 is 0.262 bits per heavy atom. The molecule has 0 aliphatic carbocycles. The molecule has 0 unspecified atom stereocenters. The smallest absolute Gasteiger partial charge is 0.0463 e. The molecule has 61 heavy (non-hydrogen) atoms. The molecule has 0 spiro atoms. The van der Waals surface area contributed by atoms with E-state index in [1.807, 2.05) is 0 Å². The summed E-state index contributed by atoms with van der Waals surface area (Å²) in [6.07, 6.45) is 0. The third-order valence-corrected chi connectivity index (χ3v) is 11.5. The van der Waals surface area contributed by atoms with Crippen molar-refractivity contribution in [1.29, 1.82) is 0 Å². The van der Waals surface area contributed by atoms with Crippen molar-refractivity contribution in [2.75, 3.05) is 20.9 Å². The minimum absolute atomic E-state index is 1.03. The Hall–Kier alpha value is -7.82. The lowest BCUT2D eigenvalue weighted by atomic mass is 9.99. The minimum atomic E-state index is 1.03. The molecule has 3 N–H and O–H groups in total. The molecule has 9 aromatic rings. The van der Waals surface area contributed by atoms with Crippen LogP contribution in [0.1, 0.15) is 16.7 Å². The third kappa shape index (κ3) is 8.52. The second-order valence-corrected chi connectivity index (χ2v) is 15.4. The highest BCUT2D eigenvalue weighted by molar-refractivity contribution is 5.83. The van der Waals surface area contributed by atoms with Crippen LogP contribution in [0, 0.1) is 20.8 Å². The molecule has 4 heteroatoms. The van der Waals surface area contributed by atoms with Gasteiger partial charge in [-0.2, -0.15) is 0 Å². The normalized spacial score (nSPS) is 10.9. The Kier molecular flexibility index (Phi) is 11.1. The van der Waals surface area contributed by atoms with Crippen molar-refractivity contribution in [1.82, 2.24) is 0 Å². The number of nitrogens with zero attached hydrogens (tertiary/aromatic N) is 1. The van der Waals surface area contributed by atoms with Gasteiger partial charge < -0.3 is 20.9 Å². The van der Waals surface area contributed by atoms with Gasteiger partial charge in [0.2, 0.25) is 0 Å². The van der Waals surface area contributed by atoms with Gasteiger partial charge >= 0.3 is 0 Å². The maximum Gasteiger partial charge on any atom is 0.0463 e. The SMILES string of the molecule is Cc1c(Nc2ccc(N(c3ccc(Nc4cccc(-c5ccccc5)c4C)cc3)c3ccc(Nc4cccc(-c5ccccc5)c4C)cc3)cc2)cccc1-c1ccccc1. The molecule has 0 radical (unpaired) electrons. The first-order chi connectivity index (χ1) is 30.0. The first-order valence-electron chi connectivity index (χ1n) is 20.8. The van der Waals surface area contributed by atoms with E-state index in [1.54, 1.807) is 0 Å². The van der Waals surface area contributed by atoms with Gasteiger partial charge in [-0.05, 0) is 162 Å². The van der Waals surface area contributed by atoms with Gasteiger partial charge in [-0.1, -0.05) is 127 Å². The Bertz CT molecular complexity index is 2550. The van der Waals surface area contributed by atoms with E-state index in [1.165, 1.54) is 50.1 Å². The number of benzene rings is 9. The van der Waals surface area contributed by atoms with Crippen LogP contribution in [0.15, 0.2) is 218 Å². The zero-order valence-corrected chi connectivity index (χ0v) is 34.7. The van der Waals surface area contributed by atoms with Crippen LogP contribution < -0.4 is 20.9 Å². The molecular weight excluding hydrogens is 741 g/mol. The molecule has 0 aliphatic heterocycles. The van der Waals surface area contributed by atoms with E-state index >= 15 is 0 Å². The van der Waals surface area contributed by atoms with Gasteiger partial charge in [0.05, 0.1) is 0 Å². The highest BCUT2D eigenvalue weighted by Crippen LogP contribution is 2.39. The standard InChI is InChI=1S/C57H48N4/c1-40-52(43-16-7-4-8-17-43)22-13-25-55(40)58-46-28-34-49(35-29-46)61(50-36-30-47(31-37-50)59-56-26-14-23-53(41(56)2)44-18-9-5-10-19-44)51-38-32-48(33-39-51)60-57-27-15-24-54(42(57)3)45-20-11-6-12-21-45/h4-39,58-60H,1-3H3.